The van der Waals surface area contributed by atoms with E-state index in [1.54, 1.807) is 10.4 Å². The van der Waals surface area contributed by atoms with Gasteiger partial charge in [0.15, 0.2) is 0 Å². The van der Waals surface area contributed by atoms with Crippen molar-refractivity contribution in [3.63, 3.8) is 0 Å². The summed E-state index contributed by atoms with van der Waals surface area (Å²) in [5, 5.41) is 3.20. The van der Waals surface area contributed by atoms with Gasteiger partial charge in [0, 0.05) is 0 Å². The molecule has 2 nitrogen and oxygen atoms in total. The highest BCUT2D eigenvalue weighted by Gasteiger charge is 2.48. The molecule has 0 aliphatic heterocycles. The van der Waals surface area contributed by atoms with E-state index in [0.717, 1.165) is 0 Å². The summed E-state index contributed by atoms with van der Waals surface area (Å²) in [4.78, 5) is 0. The molecule has 0 amide bonds. The third kappa shape index (κ3) is 13.6. The predicted octanol–water partition coefficient (Wildman–Crippen LogP) is 10.7. The van der Waals surface area contributed by atoms with Crippen LogP contribution in [0, 0.1) is 0 Å². The van der Waals surface area contributed by atoms with E-state index >= 15 is 0 Å². The highest BCUT2D eigenvalue weighted by molar-refractivity contribution is 6.98. The zero-order valence-corrected chi connectivity index (χ0v) is 30.1. The summed E-state index contributed by atoms with van der Waals surface area (Å²) in [5.74, 6) is 0. The summed E-state index contributed by atoms with van der Waals surface area (Å²) >= 11 is 0. The van der Waals surface area contributed by atoms with E-state index in [1.807, 2.05) is 0 Å². The smallest absolute Gasteiger partial charge is 0.272 e. The van der Waals surface area contributed by atoms with Gasteiger partial charge in [-0.15, -0.1) is 0 Å². The van der Waals surface area contributed by atoms with E-state index in [2.05, 4.69) is 97.5 Å². The molecule has 0 aromatic heterocycles. The van der Waals surface area contributed by atoms with Gasteiger partial charge >= 0.3 is 0 Å². The lowest BCUT2D eigenvalue weighted by Crippen LogP contribution is -2.79. The molecule has 0 aliphatic rings. The lowest BCUT2D eigenvalue weighted by molar-refractivity contribution is 0.312. The van der Waals surface area contributed by atoms with Crippen LogP contribution >= 0.6 is 0 Å². The first-order valence-electron chi connectivity index (χ1n) is 18.9. The van der Waals surface area contributed by atoms with Crippen LogP contribution in [0.1, 0.15) is 156 Å². The molecule has 0 radical (unpaired) electrons. The highest BCUT2D eigenvalue weighted by atomic mass is 28.3. The molecule has 0 aliphatic carbocycles. The number of benzene rings is 2. The molecule has 0 N–H and O–H groups in total. The Morgan fingerprint density at radius 1 is 0.349 bits per heavy atom. The predicted molar refractivity (Wildman–Crippen MR) is 196 cm³/mol. The monoisotopic (exact) mass is 607 g/mol. The third-order valence-corrected chi connectivity index (χ3v) is 14.4. The van der Waals surface area contributed by atoms with Gasteiger partial charge in [0.1, 0.15) is 0 Å². The first kappa shape index (κ1) is 37.8. The number of hydrogen-bond acceptors (Lipinski definition) is 2. The molecule has 2 aromatic carbocycles. The molecule has 0 spiro atoms. The minimum Gasteiger partial charge on any atom is -0.305 e. The van der Waals surface area contributed by atoms with Crippen LogP contribution in [0.3, 0.4) is 0 Å². The van der Waals surface area contributed by atoms with Crippen molar-refractivity contribution in [2.75, 3.05) is 26.2 Å². The van der Waals surface area contributed by atoms with Gasteiger partial charge in [0.05, 0.1) is 0 Å². The van der Waals surface area contributed by atoms with Crippen molar-refractivity contribution in [3.8, 4) is 0 Å². The Balaban J connectivity index is 2.58. The maximum absolute atomic E-state index is 3.09. The first-order chi connectivity index (χ1) is 21.2. The second-order valence-corrected chi connectivity index (χ2v) is 16.8. The molecule has 43 heavy (non-hydrogen) atoms. The fourth-order valence-electron chi connectivity index (χ4n) is 6.93. The van der Waals surface area contributed by atoms with Crippen molar-refractivity contribution in [3.05, 3.63) is 60.7 Å². The molecule has 0 fully saturated rings. The van der Waals surface area contributed by atoms with Crippen LogP contribution in [0.15, 0.2) is 60.7 Å². The van der Waals surface area contributed by atoms with E-state index in [-0.39, 0.29) is 0 Å². The van der Waals surface area contributed by atoms with E-state index in [0.29, 0.717) is 0 Å². The van der Waals surface area contributed by atoms with Gasteiger partial charge in [0.2, 0.25) is 0 Å². The molecular formula is C40H70N2Si. The molecular weight excluding hydrogens is 537 g/mol. The zero-order valence-electron chi connectivity index (χ0n) is 29.1. The Bertz CT molecular complexity index is 769. The minimum atomic E-state index is -2.41. The highest BCUT2D eigenvalue weighted by Crippen LogP contribution is 2.23. The number of hydrogen-bond donors (Lipinski definition) is 0. The van der Waals surface area contributed by atoms with Crippen LogP contribution in [-0.4, -0.2) is 43.7 Å². The van der Waals surface area contributed by atoms with Crippen molar-refractivity contribution in [1.29, 1.82) is 0 Å². The standard InChI is InChI=1S/C40H70N2Si/c1-5-9-13-17-27-35-41(36-28-18-14-10-6-2)43(39-31-23-21-24-32-39,40-33-25-22-26-34-40)42(37-29-19-15-11-7-3)38-30-20-16-12-8-4/h21-26,31-34H,5-20,27-30,35-38H2,1-4H3. The van der Waals surface area contributed by atoms with Gasteiger partial charge in [-0.3, -0.25) is 0 Å². The summed E-state index contributed by atoms with van der Waals surface area (Å²) in [5.41, 5.74) is 0. The van der Waals surface area contributed by atoms with Crippen LogP contribution in [0.25, 0.3) is 0 Å². The summed E-state index contributed by atoms with van der Waals surface area (Å²) < 4.78 is 6.18. The van der Waals surface area contributed by atoms with E-state index in [9.17, 15) is 0 Å². The molecule has 2 rings (SSSR count). The Labute approximate surface area is 270 Å². The van der Waals surface area contributed by atoms with Gasteiger partial charge < -0.3 is 9.13 Å². The van der Waals surface area contributed by atoms with Crippen molar-refractivity contribution >= 4 is 18.8 Å². The third-order valence-electron chi connectivity index (χ3n) is 9.39. The van der Waals surface area contributed by atoms with E-state index < -0.39 is 8.40 Å². The molecule has 3 heteroatoms. The molecule has 0 atom stereocenters. The Kier molecular flexibility index (Phi) is 21.8. The van der Waals surface area contributed by atoms with Crippen LogP contribution in [0.4, 0.5) is 0 Å². The van der Waals surface area contributed by atoms with E-state index in [1.165, 1.54) is 155 Å². The first-order valence-corrected chi connectivity index (χ1v) is 20.8. The fourth-order valence-corrected chi connectivity index (χ4v) is 12.4. The molecule has 0 bridgehead atoms. The van der Waals surface area contributed by atoms with E-state index in [4.69, 9.17) is 0 Å². The molecule has 0 saturated carbocycles. The molecule has 244 valence electrons. The minimum absolute atomic E-state index is 1.23. The van der Waals surface area contributed by atoms with Gasteiger partial charge in [-0.25, -0.2) is 0 Å². The maximum Gasteiger partial charge on any atom is 0.272 e. The lowest BCUT2D eigenvalue weighted by atomic mass is 10.1. The van der Waals surface area contributed by atoms with Crippen molar-refractivity contribution in [2.45, 2.75) is 156 Å². The second-order valence-electron chi connectivity index (χ2n) is 13.0. The number of unbranched alkanes of at least 4 members (excludes halogenated alkanes) is 16. The SMILES string of the molecule is CCCCCCCN(CCCCCCC)[Si](c1ccccc1)(c1ccccc1)N(CCCCCCC)CCCCCCC. The van der Waals surface area contributed by atoms with Crippen molar-refractivity contribution < 1.29 is 0 Å². The Hall–Kier alpha value is -1.42. The summed E-state index contributed by atoms with van der Waals surface area (Å²) in [6.07, 6.45) is 27.0. The van der Waals surface area contributed by atoms with Gasteiger partial charge in [-0.05, 0) is 62.2 Å². The Morgan fingerprint density at radius 3 is 0.860 bits per heavy atom. The summed E-state index contributed by atoms with van der Waals surface area (Å²) in [6.45, 7) is 14.3. The van der Waals surface area contributed by atoms with Crippen LogP contribution < -0.4 is 10.4 Å². The fraction of sp³-hybridized carbons (Fsp3) is 0.700. The molecule has 2 aromatic rings. The largest absolute Gasteiger partial charge is 0.305 e. The topological polar surface area (TPSA) is 6.48 Å². The number of rotatable bonds is 28. The van der Waals surface area contributed by atoms with Crippen molar-refractivity contribution in [2.24, 2.45) is 0 Å². The molecule has 0 saturated heterocycles. The zero-order chi connectivity index (χ0) is 30.9. The maximum atomic E-state index is 3.09. The van der Waals surface area contributed by atoms with Gasteiger partial charge in [-0.2, -0.15) is 0 Å². The summed E-state index contributed by atoms with van der Waals surface area (Å²) in [6, 6.07) is 23.7. The van der Waals surface area contributed by atoms with Crippen LogP contribution in [-0.2, 0) is 0 Å². The van der Waals surface area contributed by atoms with Gasteiger partial charge in [0.25, 0.3) is 8.40 Å². The van der Waals surface area contributed by atoms with Crippen molar-refractivity contribution in [1.82, 2.24) is 9.13 Å². The Morgan fingerprint density at radius 2 is 0.605 bits per heavy atom. The average molecular weight is 607 g/mol. The normalized spacial score (nSPS) is 12.0. The van der Waals surface area contributed by atoms with Crippen LogP contribution in [0.5, 0.6) is 0 Å². The summed E-state index contributed by atoms with van der Waals surface area (Å²) in [7, 11) is -2.41. The lowest BCUT2D eigenvalue weighted by Gasteiger charge is -2.50. The van der Waals surface area contributed by atoms with Gasteiger partial charge in [-0.1, -0.05) is 191 Å². The second kappa shape index (κ2) is 24.8. The average Bonchev–Trinajstić information content (AvgIpc) is 3.04. The molecule has 0 heterocycles. The van der Waals surface area contributed by atoms with Crippen LogP contribution in [0.2, 0.25) is 0 Å². The molecule has 0 unspecified atom stereocenters. The number of nitrogens with zero attached hydrogens (tertiary/aromatic N) is 2. The quantitative estimate of drug-likeness (QED) is 0.0702.